The summed E-state index contributed by atoms with van der Waals surface area (Å²) in [7, 11) is 0. The number of esters is 1. The third kappa shape index (κ3) is 5.64. The van der Waals surface area contributed by atoms with E-state index in [4.69, 9.17) is 4.74 Å². The Balaban J connectivity index is 3.45. The summed E-state index contributed by atoms with van der Waals surface area (Å²) in [6.45, 7) is 6.46. The Kier molecular flexibility index (Phi) is 5.53. The molecular weight excluding hydrogens is 140 g/mol. The number of rotatable bonds is 4. The molecule has 0 aromatic heterocycles. The van der Waals surface area contributed by atoms with Crippen LogP contribution < -0.4 is 0 Å². The average Bonchev–Trinajstić information content (AvgIpc) is 2.01. The van der Waals surface area contributed by atoms with E-state index in [1.54, 1.807) is 13.0 Å². The Morgan fingerprint density at radius 1 is 1.64 bits per heavy atom. The number of ether oxygens (including phenoxy) is 1. The molecule has 0 aliphatic carbocycles. The van der Waals surface area contributed by atoms with Crippen molar-refractivity contribution in [3.05, 3.63) is 12.2 Å². The van der Waals surface area contributed by atoms with Crippen molar-refractivity contribution in [3.63, 3.8) is 0 Å². The molecule has 2 heteroatoms. The molecule has 0 saturated carbocycles. The maximum absolute atomic E-state index is 10.8. The van der Waals surface area contributed by atoms with Gasteiger partial charge in [0.1, 0.15) is 0 Å². The van der Waals surface area contributed by atoms with E-state index < -0.39 is 0 Å². The van der Waals surface area contributed by atoms with E-state index in [2.05, 4.69) is 13.8 Å². The van der Waals surface area contributed by atoms with Gasteiger partial charge in [0.15, 0.2) is 0 Å². The summed E-state index contributed by atoms with van der Waals surface area (Å²) in [4.78, 5) is 10.8. The molecule has 1 unspecified atom stereocenters. The smallest absolute Gasteiger partial charge is 0.330 e. The first-order chi connectivity index (χ1) is 5.20. The second-order valence-corrected chi connectivity index (χ2v) is 2.64. The van der Waals surface area contributed by atoms with Crippen molar-refractivity contribution in [3.8, 4) is 0 Å². The van der Waals surface area contributed by atoms with Gasteiger partial charge in [0.25, 0.3) is 0 Å². The third-order valence-electron chi connectivity index (χ3n) is 1.51. The van der Waals surface area contributed by atoms with E-state index in [0.717, 1.165) is 6.42 Å². The van der Waals surface area contributed by atoms with E-state index in [9.17, 15) is 4.79 Å². The van der Waals surface area contributed by atoms with Crippen molar-refractivity contribution in [1.82, 2.24) is 0 Å². The van der Waals surface area contributed by atoms with Gasteiger partial charge in [-0.2, -0.15) is 0 Å². The molecule has 0 aromatic carbocycles. The van der Waals surface area contributed by atoms with Crippen LogP contribution in [0.25, 0.3) is 0 Å². The number of allylic oxidation sites excluding steroid dienone is 1. The van der Waals surface area contributed by atoms with Gasteiger partial charge in [0.05, 0.1) is 6.61 Å². The van der Waals surface area contributed by atoms with Crippen LogP contribution in [0.15, 0.2) is 12.2 Å². The topological polar surface area (TPSA) is 26.3 Å². The molecule has 1 atom stereocenters. The van der Waals surface area contributed by atoms with Gasteiger partial charge < -0.3 is 4.74 Å². The summed E-state index contributed by atoms with van der Waals surface area (Å²) >= 11 is 0. The molecule has 0 amide bonds. The lowest BCUT2D eigenvalue weighted by atomic mass is 10.1. The lowest BCUT2D eigenvalue weighted by Crippen LogP contribution is -2.08. The maximum atomic E-state index is 10.8. The standard InChI is InChI=1S/C9H16O2/c1-4-6-9(10)11-7-8(3)5-2/h4,6,8H,5,7H2,1-3H3/b6-4+. The largest absolute Gasteiger partial charge is 0.462 e. The van der Waals surface area contributed by atoms with Crippen molar-refractivity contribution in [2.75, 3.05) is 6.61 Å². The minimum absolute atomic E-state index is 0.243. The Hall–Kier alpha value is -0.790. The molecule has 0 N–H and O–H groups in total. The van der Waals surface area contributed by atoms with Gasteiger partial charge in [-0.15, -0.1) is 0 Å². The van der Waals surface area contributed by atoms with Crippen LogP contribution in [0.4, 0.5) is 0 Å². The van der Waals surface area contributed by atoms with Crippen LogP contribution in [0.3, 0.4) is 0 Å². The number of hydrogen-bond donors (Lipinski definition) is 0. The second-order valence-electron chi connectivity index (χ2n) is 2.64. The molecule has 0 aliphatic heterocycles. The highest BCUT2D eigenvalue weighted by atomic mass is 16.5. The average molecular weight is 156 g/mol. The van der Waals surface area contributed by atoms with Gasteiger partial charge in [-0.3, -0.25) is 0 Å². The molecule has 11 heavy (non-hydrogen) atoms. The predicted octanol–water partition coefficient (Wildman–Crippen LogP) is 2.15. The molecule has 0 bridgehead atoms. The monoisotopic (exact) mass is 156 g/mol. The highest BCUT2D eigenvalue weighted by Crippen LogP contribution is 2.00. The van der Waals surface area contributed by atoms with Crippen molar-refractivity contribution in [2.24, 2.45) is 5.92 Å². The fraction of sp³-hybridized carbons (Fsp3) is 0.667. The highest BCUT2D eigenvalue weighted by molar-refractivity contribution is 5.81. The van der Waals surface area contributed by atoms with Crippen LogP contribution in [0.2, 0.25) is 0 Å². The summed E-state index contributed by atoms with van der Waals surface area (Å²) in [6.07, 6.45) is 4.16. The molecular formula is C9H16O2. The van der Waals surface area contributed by atoms with E-state index in [1.165, 1.54) is 6.08 Å². The molecule has 0 heterocycles. The molecule has 2 nitrogen and oxygen atoms in total. The van der Waals surface area contributed by atoms with Crippen molar-refractivity contribution >= 4 is 5.97 Å². The van der Waals surface area contributed by atoms with Crippen molar-refractivity contribution in [2.45, 2.75) is 27.2 Å². The van der Waals surface area contributed by atoms with Crippen LogP contribution in [-0.2, 0) is 9.53 Å². The quantitative estimate of drug-likeness (QED) is 0.460. The van der Waals surface area contributed by atoms with E-state index >= 15 is 0 Å². The van der Waals surface area contributed by atoms with E-state index in [1.807, 2.05) is 0 Å². The molecule has 0 spiro atoms. The van der Waals surface area contributed by atoms with Crippen LogP contribution in [0.1, 0.15) is 27.2 Å². The van der Waals surface area contributed by atoms with Gasteiger partial charge in [0.2, 0.25) is 0 Å². The molecule has 64 valence electrons. The molecule has 0 saturated heterocycles. The zero-order valence-corrected chi connectivity index (χ0v) is 7.46. The van der Waals surface area contributed by atoms with Gasteiger partial charge in [-0.25, -0.2) is 4.79 Å². The van der Waals surface area contributed by atoms with E-state index in [-0.39, 0.29) is 5.97 Å². The zero-order chi connectivity index (χ0) is 8.69. The van der Waals surface area contributed by atoms with Gasteiger partial charge in [-0.05, 0) is 12.8 Å². The normalized spacial score (nSPS) is 13.4. The summed E-state index contributed by atoms with van der Waals surface area (Å²) in [5.74, 6) is 0.219. The first kappa shape index (κ1) is 10.2. The summed E-state index contributed by atoms with van der Waals surface area (Å²) in [5, 5.41) is 0. The maximum Gasteiger partial charge on any atom is 0.330 e. The van der Waals surface area contributed by atoms with Gasteiger partial charge in [0, 0.05) is 6.08 Å². The Labute approximate surface area is 68.2 Å². The summed E-state index contributed by atoms with van der Waals surface area (Å²) < 4.78 is 4.91. The van der Waals surface area contributed by atoms with E-state index in [0.29, 0.717) is 12.5 Å². The molecule has 0 fully saturated rings. The van der Waals surface area contributed by atoms with Crippen LogP contribution in [-0.4, -0.2) is 12.6 Å². The Morgan fingerprint density at radius 2 is 2.27 bits per heavy atom. The summed E-state index contributed by atoms with van der Waals surface area (Å²) in [5.41, 5.74) is 0. The Morgan fingerprint density at radius 3 is 2.73 bits per heavy atom. The lowest BCUT2D eigenvalue weighted by molar-refractivity contribution is -0.138. The van der Waals surface area contributed by atoms with Crippen LogP contribution >= 0.6 is 0 Å². The highest BCUT2D eigenvalue weighted by Gasteiger charge is 2.01. The molecule has 0 rings (SSSR count). The van der Waals surface area contributed by atoms with Gasteiger partial charge in [-0.1, -0.05) is 26.3 Å². The minimum atomic E-state index is -0.243. The predicted molar refractivity (Wildman–Crippen MR) is 45.2 cm³/mol. The SMILES string of the molecule is C/C=C/C(=O)OCC(C)CC. The fourth-order valence-corrected chi connectivity index (χ4v) is 0.526. The summed E-state index contributed by atoms with van der Waals surface area (Å²) in [6, 6.07) is 0. The van der Waals surface area contributed by atoms with Crippen molar-refractivity contribution in [1.29, 1.82) is 0 Å². The van der Waals surface area contributed by atoms with Crippen molar-refractivity contribution < 1.29 is 9.53 Å². The number of carbonyl (C=O) groups excluding carboxylic acids is 1. The van der Waals surface area contributed by atoms with Crippen LogP contribution in [0, 0.1) is 5.92 Å². The first-order valence-electron chi connectivity index (χ1n) is 4.00. The number of hydrogen-bond acceptors (Lipinski definition) is 2. The fourth-order valence-electron chi connectivity index (χ4n) is 0.526. The first-order valence-corrected chi connectivity index (χ1v) is 4.00. The van der Waals surface area contributed by atoms with Crippen LogP contribution in [0.5, 0.6) is 0 Å². The molecule has 0 radical (unpaired) electrons. The molecule has 0 aromatic rings. The third-order valence-corrected chi connectivity index (χ3v) is 1.51. The second kappa shape index (κ2) is 5.96. The van der Waals surface area contributed by atoms with Gasteiger partial charge >= 0.3 is 5.97 Å². The minimum Gasteiger partial charge on any atom is -0.462 e. The number of carbonyl (C=O) groups is 1. The zero-order valence-electron chi connectivity index (χ0n) is 7.46. The Bertz CT molecular complexity index is 138. The lowest BCUT2D eigenvalue weighted by Gasteiger charge is -2.06. The molecule has 0 aliphatic rings.